The Morgan fingerprint density at radius 1 is 1.19 bits per heavy atom. The second kappa shape index (κ2) is 11.6. The number of imide groups is 1. The van der Waals surface area contributed by atoms with Crippen LogP contribution < -0.4 is 9.64 Å². The number of benzene rings is 2. The maximum Gasteiger partial charge on any atom is 0.288 e. The number of carbonyl (C=O) groups is 3. The van der Waals surface area contributed by atoms with Crippen molar-refractivity contribution in [2.45, 2.75) is 51.5 Å². The van der Waals surface area contributed by atoms with Gasteiger partial charge in [-0.1, -0.05) is 23.3 Å². The fourth-order valence-corrected chi connectivity index (χ4v) is 4.92. The molecule has 4 rings (SSSR count). The van der Waals surface area contributed by atoms with Gasteiger partial charge in [-0.2, -0.15) is 0 Å². The van der Waals surface area contributed by atoms with Crippen molar-refractivity contribution in [2.24, 2.45) is 0 Å². The molecule has 1 unspecified atom stereocenters. The van der Waals surface area contributed by atoms with E-state index < -0.39 is 34.4 Å². The summed E-state index contributed by atoms with van der Waals surface area (Å²) in [4.78, 5) is 53.3. The first-order valence-corrected chi connectivity index (χ1v) is 12.7. The summed E-state index contributed by atoms with van der Waals surface area (Å²) in [6, 6.07) is 9.40. The van der Waals surface area contributed by atoms with E-state index in [0.717, 1.165) is 36.6 Å². The lowest BCUT2D eigenvalue weighted by Gasteiger charge is -2.28. The number of halogens is 1. The van der Waals surface area contributed by atoms with E-state index in [1.165, 1.54) is 22.6 Å². The maximum atomic E-state index is 13.6. The zero-order valence-corrected chi connectivity index (χ0v) is 21.3. The molecule has 2 aliphatic rings. The van der Waals surface area contributed by atoms with Crippen molar-refractivity contribution < 1.29 is 24.0 Å². The molecule has 1 saturated heterocycles. The van der Waals surface area contributed by atoms with Gasteiger partial charge in [0, 0.05) is 18.2 Å². The largest absolute Gasteiger partial charge is 0.494 e. The van der Waals surface area contributed by atoms with Gasteiger partial charge in [0.25, 0.3) is 17.5 Å². The van der Waals surface area contributed by atoms with Gasteiger partial charge in [-0.15, -0.1) is 0 Å². The molecular weight excluding hydrogens is 498 g/mol. The van der Waals surface area contributed by atoms with Gasteiger partial charge < -0.3 is 9.64 Å². The van der Waals surface area contributed by atoms with Gasteiger partial charge in [0.1, 0.15) is 16.8 Å². The number of hydrogen-bond donors (Lipinski definition) is 0. The van der Waals surface area contributed by atoms with E-state index in [-0.39, 0.29) is 23.6 Å². The van der Waals surface area contributed by atoms with Crippen molar-refractivity contribution in [2.75, 3.05) is 18.1 Å². The molecule has 2 aromatic carbocycles. The number of amides is 3. The lowest BCUT2D eigenvalue weighted by atomic mass is 9.96. The summed E-state index contributed by atoms with van der Waals surface area (Å²) in [5.41, 5.74) is 1.23. The molecule has 0 aromatic heterocycles. The highest BCUT2D eigenvalue weighted by Gasteiger charge is 2.44. The smallest absolute Gasteiger partial charge is 0.288 e. The van der Waals surface area contributed by atoms with E-state index in [9.17, 15) is 24.5 Å². The van der Waals surface area contributed by atoms with Crippen molar-refractivity contribution in [3.63, 3.8) is 0 Å². The van der Waals surface area contributed by atoms with E-state index in [1.807, 2.05) is 6.92 Å². The van der Waals surface area contributed by atoms with Crippen molar-refractivity contribution in [3.05, 3.63) is 74.8 Å². The molecule has 10 heteroatoms. The number of allylic oxidation sites excluding steroid dienone is 1. The molecule has 1 aliphatic carbocycles. The molecule has 1 heterocycles. The van der Waals surface area contributed by atoms with Crippen LogP contribution in [0, 0.1) is 10.1 Å². The van der Waals surface area contributed by atoms with E-state index in [4.69, 9.17) is 16.3 Å². The molecule has 0 bridgehead atoms. The average molecular weight is 526 g/mol. The number of hydrogen-bond acceptors (Lipinski definition) is 6. The summed E-state index contributed by atoms with van der Waals surface area (Å²) in [6.07, 6.45) is 6.62. The highest BCUT2D eigenvalue weighted by molar-refractivity contribution is 6.32. The Balaban J connectivity index is 1.63. The summed E-state index contributed by atoms with van der Waals surface area (Å²) >= 11 is 5.94. The van der Waals surface area contributed by atoms with Crippen molar-refractivity contribution in [1.29, 1.82) is 0 Å². The Morgan fingerprint density at radius 2 is 1.95 bits per heavy atom. The van der Waals surface area contributed by atoms with Gasteiger partial charge in [-0.3, -0.25) is 24.5 Å². The van der Waals surface area contributed by atoms with Crippen LogP contribution in [0.2, 0.25) is 5.02 Å². The lowest BCUT2D eigenvalue weighted by molar-refractivity contribution is -0.384. The molecule has 3 amide bonds. The molecule has 9 nitrogen and oxygen atoms in total. The number of anilines is 1. The van der Waals surface area contributed by atoms with E-state index in [1.54, 1.807) is 24.3 Å². The Hall–Kier alpha value is -3.72. The topological polar surface area (TPSA) is 110 Å². The van der Waals surface area contributed by atoms with Gasteiger partial charge in [-0.25, -0.2) is 4.90 Å². The van der Waals surface area contributed by atoms with Crippen LogP contribution in [0.1, 0.15) is 55.8 Å². The lowest BCUT2D eigenvalue weighted by Crippen LogP contribution is -2.46. The second-order valence-electron chi connectivity index (χ2n) is 8.99. The van der Waals surface area contributed by atoms with Crippen LogP contribution in [-0.2, 0) is 9.59 Å². The van der Waals surface area contributed by atoms with E-state index >= 15 is 0 Å². The molecule has 0 spiro atoms. The summed E-state index contributed by atoms with van der Waals surface area (Å²) < 4.78 is 5.44. The maximum absolute atomic E-state index is 13.6. The Kier molecular flexibility index (Phi) is 8.23. The van der Waals surface area contributed by atoms with Crippen molar-refractivity contribution >= 4 is 40.7 Å². The molecule has 1 fully saturated rings. The van der Waals surface area contributed by atoms with Gasteiger partial charge >= 0.3 is 0 Å². The first-order valence-electron chi connectivity index (χ1n) is 12.3. The normalized spacial score (nSPS) is 17.5. The molecular formula is C27H28ClN3O6. The zero-order chi connectivity index (χ0) is 26.5. The Labute approximate surface area is 219 Å². The second-order valence-corrected chi connectivity index (χ2v) is 9.40. The summed E-state index contributed by atoms with van der Waals surface area (Å²) in [7, 11) is 0. The summed E-state index contributed by atoms with van der Waals surface area (Å²) in [5, 5.41) is 11.3. The quantitative estimate of drug-likeness (QED) is 0.190. The number of ether oxygens (including phenoxy) is 1. The van der Waals surface area contributed by atoms with Gasteiger partial charge in [0.05, 0.1) is 23.6 Å². The highest BCUT2D eigenvalue weighted by atomic mass is 35.5. The molecule has 1 aliphatic heterocycles. The highest BCUT2D eigenvalue weighted by Crippen LogP contribution is 2.31. The minimum absolute atomic E-state index is 0.0356. The number of nitrogens with zero attached hydrogens (tertiary/aromatic N) is 3. The van der Waals surface area contributed by atoms with E-state index in [0.29, 0.717) is 24.5 Å². The molecule has 1 atom stereocenters. The van der Waals surface area contributed by atoms with Gasteiger partial charge in [-0.05, 0) is 75.4 Å². The van der Waals surface area contributed by atoms with Crippen LogP contribution in [0.5, 0.6) is 5.75 Å². The molecule has 0 radical (unpaired) electrons. The third-order valence-corrected chi connectivity index (χ3v) is 6.93. The average Bonchev–Trinajstić information content (AvgIpc) is 3.19. The Morgan fingerprint density at radius 3 is 2.59 bits per heavy atom. The number of nitro benzene ring substituents is 1. The van der Waals surface area contributed by atoms with Crippen molar-refractivity contribution in [3.8, 4) is 5.75 Å². The fourth-order valence-electron chi connectivity index (χ4n) is 4.73. The van der Waals surface area contributed by atoms with Gasteiger partial charge in [0.15, 0.2) is 0 Å². The number of rotatable bonds is 9. The van der Waals surface area contributed by atoms with Crippen LogP contribution in [-0.4, -0.2) is 46.7 Å². The predicted octanol–water partition coefficient (Wildman–Crippen LogP) is 5.31. The van der Waals surface area contributed by atoms with Crippen LogP contribution >= 0.6 is 11.6 Å². The molecule has 194 valence electrons. The summed E-state index contributed by atoms with van der Waals surface area (Å²) in [6.45, 7) is 2.55. The number of nitro groups is 1. The monoisotopic (exact) mass is 525 g/mol. The van der Waals surface area contributed by atoms with Crippen LogP contribution in [0.15, 0.2) is 54.1 Å². The molecule has 2 aromatic rings. The fraction of sp³-hybridized carbons (Fsp3) is 0.370. The third-order valence-electron chi connectivity index (χ3n) is 6.61. The van der Waals surface area contributed by atoms with Crippen LogP contribution in [0.4, 0.5) is 11.4 Å². The molecule has 0 N–H and O–H groups in total. The number of carbonyl (C=O) groups excluding carboxylic acids is 3. The predicted molar refractivity (Wildman–Crippen MR) is 139 cm³/mol. The third kappa shape index (κ3) is 5.83. The minimum atomic E-state index is -1.02. The minimum Gasteiger partial charge on any atom is -0.494 e. The molecule has 0 saturated carbocycles. The zero-order valence-electron chi connectivity index (χ0n) is 20.5. The standard InChI is InChI=1S/C27H28ClN3O6/c1-2-37-21-11-9-20(10-12-21)30-25(32)17-24(27(30)34)29(15-14-18-6-4-3-5-7-18)26(33)19-8-13-22(28)23(16-19)31(35)36/h6,8-13,16,24H,2-5,7,14-15,17H2,1H3. The summed E-state index contributed by atoms with van der Waals surface area (Å²) in [5.74, 6) is -0.876. The van der Waals surface area contributed by atoms with Crippen LogP contribution in [0.25, 0.3) is 0 Å². The molecule has 37 heavy (non-hydrogen) atoms. The SMILES string of the molecule is CCOc1ccc(N2C(=O)CC(N(CCC3=CCCCC3)C(=O)c3ccc(Cl)c([N+](=O)[O-])c3)C2=O)cc1. The van der Waals surface area contributed by atoms with Crippen LogP contribution in [0.3, 0.4) is 0 Å². The Bertz CT molecular complexity index is 1240. The van der Waals surface area contributed by atoms with Crippen molar-refractivity contribution in [1.82, 2.24) is 4.90 Å². The van der Waals surface area contributed by atoms with Gasteiger partial charge in [0.2, 0.25) is 5.91 Å². The first-order chi connectivity index (χ1) is 17.8. The van der Waals surface area contributed by atoms with E-state index in [2.05, 4.69) is 6.08 Å². The first kappa shape index (κ1) is 26.3.